The Morgan fingerprint density at radius 3 is 2.40 bits per heavy atom. The Kier molecular flexibility index (Phi) is 1.12. The van der Waals surface area contributed by atoms with Crippen LogP contribution in [-0.2, 0) is 19.2 Å². The van der Waals surface area contributed by atoms with Gasteiger partial charge in [0.05, 0.1) is 33.3 Å². The topological polar surface area (TPSA) is 63.7 Å². The number of likely N-dealkylation sites (N-methyl/N-ethyl adjacent to an activating group) is 1. The molecule has 0 spiro atoms. The van der Waals surface area contributed by atoms with Crippen LogP contribution in [0, 0.1) is 0 Å². The molecule has 1 aliphatic heterocycles. The highest BCUT2D eigenvalue weighted by Gasteiger charge is 2.33. The van der Waals surface area contributed by atoms with Crippen molar-refractivity contribution in [1.82, 2.24) is 5.06 Å². The minimum atomic E-state index is -3.63. The minimum Gasteiger partial charge on any atom is -0.324 e. The van der Waals surface area contributed by atoms with Crippen molar-refractivity contribution < 1.29 is 36.0 Å². The molecule has 0 bridgehead atoms. The molecule has 1 saturated heterocycles. The van der Waals surface area contributed by atoms with E-state index in [1.54, 1.807) is 0 Å². The van der Waals surface area contributed by atoms with E-state index in [9.17, 15) is 14.4 Å². The van der Waals surface area contributed by atoms with Crippen LogP contribution in [0.2, 0.25) is 0 Å². The zero-order chi connectivity index (χ0) is 19.1. The molecule has 84 valence electrons. The predicted molar refractivity (Wildman–Crippen MR) is 50.1 cm³/mol. The molecule has 0 aliphatic carbocycles. The van der Waals surface area contributed by atoms with Crippen LogP contribution in [0.4, 0.5) is 0 Å². The average molecular weight is 224 g/mol. The SMILES string of the molecule is [2H]C([2H])([2H])[N+](CC(=O)ON1C(=O)CCC1=O)(C([2H])([2H])[2H])C([2H])([2H])[2H]. The first kappa shape index (κ1) is 4.21. The van der Waals surface area contributed by atoms with Crippen molar-refractivity contribution in [3.05, 3.63) is 0 Å². The summed E-state index contributed by atoms with van der Waals surface area (Å²) < 4.78 is 63.5. The molecule has 0 aromatic rings. The molecular weight excluding hydrogens is 200 g/mol. The molecule has 0 N–H and O–H groups in total. The van der Waals surface area contributed by atoms with Crippen LogP contribution in [0.15, 0.2) is 0 Å². The van der Waals surface area contributed by atoms with Crippen molar-refractivity contribution in [3.8, 4) is 0 Å². The van der Waals surface area contributed by atoms with E-state index in [0.29, 0.717) is 0 Å². The fraction of sp³-hybridized carbons (Fsp3) is 0.667. The maximum atomic E-state index is 11.9. The summed E-state index contributed by atoms with van der Waals surface area (Å²) in [5, 5.41) is 0.0789. The molecular formula is C9H15N2O4+. The lowest BCUT2D eigenvalue weighted by atomic mass is 10.4. The first-order valence-electron chi connectivity index (χ1n) is 8.49. The Morgan fingerprint density at radius 2 is 1.93 bits per heavy atom. The summed E-state index contributed by atoms with van der Waals surface area (Å²) in [5.74, 6) is -3.38. The molecule has 1 aliphatic rings. The van der Waals surface area contributed by atoms with Crippen LogP contribution < -0.4 is 0 Å². The lowest BCUT2D eigenvalue weighted by Crippen LogP contribution is -2.43. The maximum absolute atomic E-state index is 11.9. The van der Waals surface area contributed by atoms with Crippen molar-refractivity contribution in [3.63, 3.8) is 0 Å². The molecule has 1 rings (SSSR count). The quantitative estimate of drug-likeness (QED) is 0.470. The number of carbonyl (C=O) groups excluding carboxylic acids is 3. The van der Waals surface area contributed by atoms with Gasteiger partial charge >= 0.3 is 5.97 Å². The lowest BCUT2D eigenvalue weighted by Gasteiger charge is -2.23. The van der Waals surface area contributed by atoms with Crippen LogP contribution in [0.3, 0.4) is 0 Å². The van der Waals surface area contributed by atoms with Crippen molar-refractivity contribution in [1.29, 1.82) is 0 Å². The number of hydrogen-bond acceptors (Lipinski definition) is 4. The average Bonchev–Trinajstić information content (AvgIpc) is 2.63. The second-order valence-electron chi connectivity index (χ2n) is 3.01. The summed E-state index contributed by atoms with van der Waals surface area (Å²) in [4.78, 5) is 39.1. The predicted octanol–water partition coefficient (Wildman–Crippen LogP) is -0.700. The summed E-state index contributed by atoms with van der Waals surface area (Å²) in [5.41, 5.74) is 0. The first-order valence-corrected chi connectivity index (χ1v) is 3.99. The van der Waals surface area contributed by atoms with Crippen LogP contribution in [0.1, 0.15) is 25.2 Å². The zero-order valence-electron chi connectivity index (χ0n) is 16.6. The van der Waals surface area contributed by atoms with Gasteiger partial charge in [-0.3, -0.25) is 9.59 Å². The molecule has 0 aromatic carbocycles. The third-order valence-electron chi connectivity index (χ3n) is 1.57. The maximum Gasteiger partial charge on any atom is 0.387 e. The van der Waals surface area contributed by atoms with E-state index in [4.69, 9.17) is 12.3 Å². The molecule has 2 amide bonds. The molecule has 0 saturated carbocycles. The molecule has 0 atom stereocenters. The largest absolute Gasteiger partial charge is 0.387 e. The number of nitrogens with zero attached hydrogens (tertiary/aromatic N) is 2. The number of rotatable bonds is 3. The number of amides is 2. The second kappa shape index (κ2) is 3.98. The van der Waals surface area contributed by atoms with E-state index < -0.39 is 49.7 Å². The highest BCUT2D eigenvalue weighted by Crippen LogP contribution is 2.12. The Bertz CT molecular complexity index is 499. The number of hydrogen-bond donors (Lipinski definition) is 0. The molecule has 1 heterocycles. The van der Waals surface area contributed by atoms with E-state index in [-0.39, 0.29) is 17.9 Å². The van der Waals surface area contributed by atoms with Crippen LogP contribution >= 0.6 is 0 Å². The van der Waals surface area contributed by atoms with Gasteiger partial charge in [-0.2, -0.15) is 0 Å². The van der Waals surface area contributed by atoms with Crippen LogP contribution in [-0.4, -0.2) is 54.8 Å². The summed E-state index contributed by atoms with van der Waals surface area (Å²) in [6.07, 6.45) is -0.464. The lowest BCUT2D eigenvalue weighted by molar-refractivity contribution is -0.863. The van der Waals surface area contributed by atoms with Gasteiger partial charge in [0.1, 0.15) is 0 Å². The van der Waals surface area contributed by atoms with Crippen molar-refractivity contribution in [2.75, 3.05) is 27.5 Å². The summed E-state index contributed by atoms with van der Waals surface area (Å²) in [6.45, 7) is -12.5. The van der Waals surface area contributed by atoms with Crippen LogP contribution in [0.25, 0.3) is 0 Å². The van der Waals surface area contributed by atoms with Gasteiger partial charge in [0.25, 0.3) is 11.8 Å². The Balaban J connectivity index is 3.21. The van der Waals surface area contributed by atoms with Crippen molar-refractivity contribution >= 4 is 17.8 Å². The fourth-order valence-electron chi connectivity index (χ4n) is 0.982. The van der Waals surface area contributed by atoms with Gasteiger partial charge in [0.2, 0.25) is 0 Å². The van der Waals surface area contributed by atoms with Gasteiger partial charge in [-0.15, -0.1) is 5.06 Å². The normalized spacial score (nSPS) is 28.5. The van der Waals surface area contributed by atoms with Gasteiger partial charge in [-0.05, 0) is 0 Å². The summed E-state index contributed by atoms with van der Waals surface area (Å²) >= 11 is 0. The number of quaternary nitrogens is 1. The van der Waals surface area contributed by atoms with E-state index in [1.165, 1.54) is 0 Å². The minimum absolute atomic E-state index is 0.0789. The Hall–Kier alpha value is -1.43. The fourth-order valence-corrected chi connectivity index (χ4v) is 0.982. The van der Waals surface area contributed by atoms with Crippen LogP contribution in [0.5, 0.6) is 0 Å². The molecule has 0 radical (unpaired) electrons. The molecule has 15 heavy (non-hydrogen) atoms. The first-order chi connectivity index (χ1) is 10.5. The van der Waals surface area contributed by atoms with Gasteiger partial charge in [-0.1, -0.05) is 0 Å². The molecule has 1 fully saturated rings. The van der Waals surface area contributed by atoms with Crippen molar-refractivity contribution in [2.24, 2.45) is 0 Å². The molecule has 6 nitrogen and oxygen atoms in total. The van der Waals surface area contributed by atoms with E-state index in [2.05, 4.69) is 4.84 Å². The van der Waals surface area contributed by atoms with Gasteiger partial charge < -0.3 is 9.32 Å². The number of carbonyl (C=O) groups is 3. The highest BCUT2D eigenvalue weighted by molar-refractivity contribution is 6.01. The third kappa shape index (κ3) is 3.32. The van der Waals surface area contributed by atoms with E-state index in [1.807, 2.05) is 0 Å². The third-order valence-corrected chi connectivity index (χ3v) is 1.57. The zero-order valence-corrected chi connectivity index (χ0v) is 7.65. The number of hydroxylamine groups is 2. The van der Waals surface area contributed by atoms with Gasteiger partial charge in [-0.25, -0.2) is 4.79 Å². The molecule has 6 heteroatoms. The monoisotopic (exact) mass is 224 g/mol. The standard InChI is InChI=1S/C9H15N2O4/c1-11(2,3)6-9(14)15-10-7(12)4-5-8(10)13/h4-6H2,1-3H3/q+1/i1D3,2D3,3D3. The van der Waals surface area contributed by atoms with Gasteiger partial charge in [0, 0.05) is 12.8 Å². The summed E-state index contributed by atoms with van der Waals surface area (Å²) in [7, 11) is 0. The van der Waals surface area contributed by atoms with Crippen molar-refractivity contribution in [2.45, 2.75) is 12.8 Å². The van der Waals surface area contributed by atoms with E-state index >= 15 is 0 Å². The summed E-state index contributed by atoms with van der Waals surface area (Å²) in [6, 6.07) is 0. The second-order valence-corrected chi connectivity index (χ2v) is 3.01. The highest BCUT2D eigenvalue weighted by atomic mass is 16.7. The molecule has 0 unspecified atom stereocenters. The van der Waals surface area contributed by atoms with E-state index in [0.717, 1.165) is 0 Å². The number of imide groups is 1. The Labute approximate surface area is 101 Å². The van der Waals surface area contributed by atoms with Gasteiger partial charge in [0.15, 0.2) is 6.54 Å². The Morgan fingerprint density at radius 1 is 1.40 bits per heavy atom. The smallest absolute Gasteiger partial charge is 0.324 e. The molecule has 0 aromatic heterocycles.